The van der Waals surface area contributed by atoms with E-state index >= 15 is 8.78 Å². The van der Waals surface area contributed by atoms with E-state index in [9.17, 15) is 0 Å². The van der Waals surface area contributed by atoms with E-state index in [1.165, 1.54) is 5.39 Å². The number of anilines is 6. The number of benzene rings is 13. The Bertz CT molecular complexity index is 4580. The Labute approximate surface area is 468 Å². The number of aryl methyl sites for hydroxylation is 1. The van der Waals surface area contributed by atoms with Gasteiger partial charge in [0.2, 0.25) is 0 Å². The largest absolute Gasteiger partial charge is 0.308 e. The molecule has 0 amide bonds. The lowest BCUT2D eigenvalue weighted by molar-refractivity contribution is 0.632. The second-order valence-electron chi connectivity index (χ2n) is 20.4. The van der Waals surface area contributed by atoms with Crippen LogP contribution in [0.4, 0.5) is 42.9 Å². The lowest BCUT2D eigenvalue weighted by Crippen LogP contribution is -2.12. The van der Waals surface area contributed by atoms with Crippen LogP contribution in [0.25, 0.3) is 97.4 Å². The molecule has 0 aliphatic carbocycles. The van der Waals surface area contributed by atoms with Crippen LogP contribution in [0.1, 0.15) is 5.56 Å². The molecule has 1 heterocycles. The van der Waals surface area contributed by atoms with Crippen molar-refractivity contribution in [2.24, 2.45) is 0 Å². The van der Waals surface area contributed by atoms with E-state index in [0.29, 0.717) is 22.5 Å². The van der Waals surface area contributed by atoms with Crippen molar-refractivity contribution in [1.29, 1.82) is 0 Å². The van der Waals surface area contributed by atoms with Gasteiger partial charge in [0.15, 0.2) is 11.6 Å². The second kappa shape index (κ2) is 20.5. The Morgan fingerprint density at radius 2 is 0.675 bits per heavy atom. The Morgan fingerprint density at radius 3 is 1.18 bits per heavy atom. The molecule has 2 nitrogen and oxygen atoms in total. The summed E-state index contributed by atoms with van der Waals surface area (Å²) in [4.78, 5) is 4.14. The smallest absolute Gasteiger partial charge is 0.155 e. The highest BCUT2D eigenvalue weighted by molar-refractivity contribution is 7.27. The van der Waals surface area contributed by atoms with Crippen molar-refractivity contribution in [2.45, 2.75) is 6.92 Å². The Balaban J connectivity index is 0.972. The van der Waals surface area contributed by atoms with Crippen molar-refractivity contribution in [3.63, 3.8) is 0 Å². The van der Waals surface area contributed by atoms with Crippen molar-refractivity contribution in [3.8, 4) is 55.6 Å². The number of hydrogen-bond donors (Lipinski definition) is 0. The molecule has 0 atom stereocenters. The fraction of sp³-hybridized carbons (Fsp3) is 0.0133. The van der Waals surface area contributed by atoms with E-state index in [0.717, 1.165) is 109 Å². The average molecular weight is 1050 g/mol. The molecule has 0 saturated heterocycles. The third-order valence-corrected chi connectivity index (χ3v) is 16.6. The van der Waals surface area contributed by atoms with Gasteiger partial charge in [0.05, 0.1) is 11.4 Å². The molecule has 0 fully saturated rings. The predicted molar refractivity (Wildman–Crippen MR) is 336 cm³/mol. The van der Waals surface area contributed by atoms with E-state index in [4.69, 9.17) is 0 Å². The van der Waals surface area contributed by atoms with Gasteiger partial charge >= 0.3 is 0 Å². The van der Waals surface area contributed by atoms with Crippen LogP contribution in [0.5, 0.6) is 0 Å². The minimum absolute atomic E-state index is 0.301. The molecule has 0 saturated carbocycles. The molecular formula is C75H50F2N2S. The molecule has 0 unspecified atom stereocenters. The zero-order valence-corrected chi connectivity index (χ0v) is 44.5. The molecule has 0 aliphatic heterocycles. The molecule has 14 rings (SSSR count). The summed E-state index contributed by atoms with van der Waals surface area (Å²) in [5, 5.41) is 6.66. The molecule has 0 N–H and O–H groups in total. The van der Waals surface area contributed by atoms with Crippen molar-refractivity contribution in [1.82, 2.24) is 0 Å². The van der Waals surface area contributed by atoms with E-state index in [-0.39, 0.29) is 11.6 Å². The van der Waals surface area contributed by atoms with Crippen LogP contribution in [-0.4, -0.2) is 0 Å². The minimum Gasteiger partial charge on any atom is -0.308 e. The summed E-state index contributed by atoms with van der Waals surface area (Å²) < 4.78 is 37.9. The number of halogens is 2. The summed E-state index contributed by atoms with van der Waals surface area (Å²) in [5.41, 5.74) is 14.0. The summed E-state index contributed by atoms with van der Waals surface area (Å²) >= 11 is 1.75. The van der Waals surface area contributed by atoms with E-state index < -0.39 is 0 Å². The van der Waals surface area contributed by atoms with Gasteiger partial charge in [-0.25, -0.2) is 8.78 Å². The molecule has 0 spiro atoms. The van der Waals surface area contributed by atoms with Crippen molar-refractivity contribution >= 4 is 87.2 Å². The number of fused-ring (bicyclic) bond motifs is 8. The highest BCUT2D eigenvalue weighted by atomic mass is 32.1. The first-order valence-corrected chi connectivity index (χ1v) is 27.8. The number of rotatable bonds is 11. The lowest BCUT2D eigenvalue weighted by Gasteiger charge is -2.28. The van der Waals surface area contributed by atoms with Gasteiger partial charge in [-0.3, -0.25) is 0 Å². The standard InChI is InChI=1S/C75H50F2N2S/c1-49-31-35-58(36-32-49)79(70-46-57(52-23-11-4-12-24-52)44-67(74(70)77)55-27-15-6-16-28-55)61-40-42-65-71(48-61)80-75-64-41-39-60(47-68(64)62-29-17-18-30-63(62)72(65)75)78(59-37-33-53(34-38-59)50-19-7-2-8-20-50)69-45-56(51-21-9-3-10-22-51)43-66(73(69)76)54-25-13-5-14-26-54/h2-48H,1H3. The first-order chi connectivity index (χ1) is 39.4. The summed E-state index contributed by atoms with van der Waals surface area (Å²) in [6.45, 7) is 2.07. The summed E-state index contributed by atoms with van der Waals surface area (Å²) in [5.74, 6) is -0.615. The maximum atomic E-state index is 18.0. The van der Waals surface area contributed by atoms with Crippen LogP contribution in [0.15, 0.2) is 285 Å². The van der Waals surface area contributed by atoms with E-state index in [2.05, 4.69) is 162 Å². The summed E-state index contributed by atoms with van der Waals surface area (Å²) in [6.07, 6.45) is 0. The fourth-order valence-electron chi connectivity index (χ4n) is 11.5. The third-order valence-electron chi connectivity index (χ3n) is 15.4. The summed E-state index contributed by atoms with van der Waals surface area (Å²) in [7, 11) is 0. The van der Waals surface area contributed by atoms with Gasteiger partial charge in [0.1, 0.15) is 0 Å². The molecular weight excluding hydrogens is 999 g/mol. The topological polar surface area (TPSA) is 6.48 Å². The monoisotopic (exact) mass is 1050 g/mol. The Kier molecular flexibility index (Phi) is 12.4. The van der Waals surface area contributed by atoms with Crippen LogP contribution in [-0.2, 0) is 0 Å². The van der Waals surface area contributed by atoms with Gasteiger partial charge in [0, 0.05) is 59.4 Å². The van der Waals surface area contributed by atoms with Gasteiger partial charge < -0.3 is 9.80 Å². The lowest BCUT2D eigenvalue weighted by atomic mass is 9.95. The number of hydrogen-bond acceptors (Lipinski definition) is 3. The highest BCUT2D eigenvalue weighted by Crippen LogP contribution is 2.50. The van der Waals surface area contributed by atoms with Crippen molar-refractivity contribution < 1.29 is 8.78 Å². The quantitative estimate of drug-likeness (QED) is 0.119. The van der Waals surface area contributed by atoms with Crippen LogP contribution in [0, 0.1) is 18.6 Å². The van der Waals surface area contributed by atoms with Gasteiger partial charge in [-0.2, -0.15) is 0 Å². The predicted octanol–water partition coefficient (Wildman–Crippen LogP) is 22.2. The van der Waals surface area contributed by atoms with Crippen LogP contribution >= 0.6 is 11.3 Å². The van der Waals surface area contributed by atoms with Crippen LogP contribution in [0.2, 0.25) is 0 Å². The van der Waals surface area contributed by atoms with Crippen LogP contribution in [0.3, 0.4) is 0 Å². The van der Waals surface area contributed by atoms with Gasteiger partial charge in [0.25, 0.3) is 0 Å². The fourth-order valence-corrected chi connectivity index (χ4v) is 12.8. The molecule has 0 bridgehead atoms. The SMILES string of the molecule is Cc1ccc(N(c2ccc3c(c2)sc2c4ccc(N(c5ccc(-c6ccccc6)cc5)c5cc(-c6ccccc6)cc(-c6ccccc6)c5F)cc4c4ccccc4c32)c2cc(-c3ccccc3)cc(-c3ccccc3)c2F)cc1. The first kappa shape index (κ1) is 48.4. The maximum Gasteiger partial charge on any atom is 0.155 e. The molecule has 1 aromatic heterocycles. The highest BCUT2D eigenvalue weighted by Gasteiger charge is 2.26. The summed E-state index contributed by atoms with van der Waals surface area (Å²) in [6, 6.07) is 96.9. The van der Waals surface area contributed by atoms with E-state index in [1.54, 1.807) is 11.3 Å². The molecule has 380 valence electrons. The maximum absolute atomic E-state index is 18.0. The van der Waals surface area contributed by atoms with Gasteiger partial charge in [-0.1, -0.05) is 218 Å². The average Bonchev–Trinajstić information content (AvgIpc) is 4.15. The van der Waals surface area contributed by atoms with Gasteiger partial charge in [-0.05, 0) is 140 Å². The molecule has 13 aromatic carbocycles. The third kappa shape index (κ3) is 8.75. The Morgan fingerprint density at radius 1 is 0.287 bits per heavy atom. The first-order valence-electron chi connectivity index (χ1n) is 26.9. The van der Waals surface area contributed by atoms with Crippen molar-refractivity contribution in [2.75, 3.05) is 9.80 Å². The Hall–Kier alpha value is -9.94. The van der Waals surface area contributed by atoms with Gasteiger partial charge in [-0.15, -0.1) is 11.3 Å². The zero-order valence-electron chi connectivity index (χ0n) is 43.7. The minimum atomic E-state index is -0.314. The second-order valence-corrected chi connectivity index (χ2v) is 21.4. The molecule has 5 heteroatoms. The molecule has 0 radical (unpaired) electrons. The number of thiophene rings is 1. The molecule has 80 heavy (non-hydrogen) atoms. The molecule has 0 aliphatic rings. The zero-order chi connectivity index (χ0) is 53.7. The molecule has 14 aromatic rings. The number of nitrogens with zero attached hydrogens (tertiary/aromatic N) is 2. The van der Waals surface area contributed by atoms with Crippen molar-refractivity contribution in [3.05, 3.63) is 302 Å². The van der Waals surface area contributed by atoms with E-state index in [1.807, 2.05) is 140 Å². The van der Waals surface area contributed by atoms with Crippen LogP contribution < -0.4 is 9.80 Å². The normalized spacial score (nSPS) is 11.4.